The molecule has 0 amide bonds. The minimum absolute atomic E-state index is 0.0192. The zero-order chi connectivity index (χ0) is 13.7. The molecule has 1 aromatic rings. The summed E-state index contributed by atoms with van der Waals surface area (Å²) in [7, 11) is 1.36. The lowest BCUT2D eigenvalue weighted by atomic mass is 10.1. The minimum Gasteiger partial charge on any atom is -0.476 e. The summed E-state index contributed by atoms with van der Waals surface area (Å²) in [6.07, 6.45) is 4.16. The third-order valence-corrected chi connectivity index (χ3v) is 3.08. The van der Waals surface area contributed by atoms with Gasteiger partial charge >= 0.3 is 5.69 Å². The molecule has 1 unspecified atom stereocenters. The second-order valence-electron chi connectivity index (χ2n) is 4.36. The molecule has 1 saturated heterocycles. The molecule has 1 atom stereocenters. The van der Waals surface area contributed by atoms with E-state index in [2.05, 4.69) is 20.6 Å². The average Bonchev–Trinajstić information content (AvgIpc) is 2.66. The largest absolute Gasteiger partial charge is 0.476 e. The Balaban J connectivity index is 2.21. The van der Waals surface area contributed by atoms with Crippen LogP contribution in [0.3, 0.4) is 0 Å². The highest BCUT2D eigenvalue weighted by atomic mass is 16.6. The molecule has 2 N–H and O–H groups in total. The van der Waals surface area contributed by atoms with Gasteiger partial charge in [-0.1, -0.05) is 0 Å². The molecule has 1 fully saturated rings. The molecule has 0 saturated carbocycles. The van der Waals surface area contributed by atoms with Crippen LogP contribution in [0.25, 0.3) is 0 Å². The van der Waals surface area contributed by atoms with Gasteiger partial charge in [-0.25, -0.2) is 4.98 Å². The number of rotatable bonds is 4. The predicted octanol–water partition coefficient (Wildman–Crippen LogP) is 0.947. The van der Waals surface area contributed by atoms with Crippen molar-refractivity contribution in [1.82, 2.24) is 15.3 Å². The lowest BCUT2D eigenvalue weighted by molar-refractivity contribution is -0.385. The molecule has 19 heavy (non-hydrogen) atoms. The van der Waals surface area contributed by atoms with Gasteiger partial charge in [-0.2, -0.15) is 4.98 Å². The van der Waals surface area contributed by atoms with E-state index >= 15 is 0 Å². The van der Waals surface area contributed by atoms with E-state index in [0.717, 1.165) is 32.4 Å². The second-order valence-corrected chi connectivity index (χ2v) is 4.36. The van der Waals surface area contributed by atoms with Crippen LogP contribution in [0, 0.1) is 10.1 Å². The Morgan fingerprint density at radius 2 is 2.32 bits per heavy atom. The van der Waals surface area contributed by atoms with Gasteiger partial charge in [0.2, 0.25) is 5.82 Å². The van der Waals surface area contributed by atoms with E-state index in [-0.39, 0.29) is 23.4 Å². The second kappa shape index (κ2) is 6.28. The van der Waals surface area contributed by atoms with Gasteiger partial charge in [0.25, 0.3) is 5.88 Å². The van der Waals surface area contributed by atoms with Crippen molar-refractivity contribution >= 4 is 11.5 Å². The van der Waals surface area contributed by atoms with Crippen LogP contribution >= 0.6 is 0 Å². The molecule has 0 aliphatic carbocycles. The summed E-state index contributed by atoms with van der Waals surface area (Å²) in [4.78, 5) is 18.3. The molecule has 0 radical (unpaired) electrons. The van der Waals surface area contributed by atoms with Crippen molar-refractivity contribution < 1.29 is 9.66 Å². The highest BCUT2D eigenvalue weighted by molar-refractivity contribution is 5.61. The summed E-state index contributed by atoms with van der Waals surface area (Å²) >= 11 is 0. The van der Waals surface area contributed by atoms with E-state index in [0.29, 0.717) is 0 Å². The highest BCUT2D eigenvalue weighted by Gasteiger charge is 2.25. The summed E-state index contributed by atoms with van der Waals surface area (Å²) in [5, 5.41) is 17.5. The highest BCUT2D eigenvalue weighted by Crippen LogP contribution is 2.31. The van der Waals surface area contributed by atoms with Crippen LogP contribution in [0.5, 0.6) is 5.88 Å². The molecule has 1 aromatic heterocycles. The van der Waals surface area contributed by atoms with Crippen molar-refractivity contribution in [2.24, 2.45) is 0 Å². The summed E-state index contributed by atoms with van der Waals surface area (Å²) in [6.45, 7) is 1.88. The Hall–Kier alpha value is -1.96. The molecular formula is C11H17N5O3. The van der Waals surface area contributed by atoms with Gasteiger partial charge < -0.3 is 15.4 Å². The molecule has 1 aliphatic heterocycles. The predicted molar refractivity (Wildman–Crippen MR) is 69.4 cm³/mol. The zero-order valence-corrected chi connectivity index (χ0v) is 10.8. The van der Waals surface area contributed by atoms with Gasteiger partial charge in [0.05, 0.1) is 12.0 Å². The van der Waals surface area contributed by atoms with E-state index in [4.69, 9.17) is 4.74 Å². The summed E-state index contributed by atoms with van der Waals surface area (Å²) in [6, 6.07) is 0.174. The van der Waals surface area contributed by atoms with Crippen LogP contribution in [0.2, 0.25) is 0 Å². The number of aromatic nitrogens is 2. The fourth-order valence-electron chi connectivity index (χ4n) is 2.14. The van der Waals surface area contributed by atoms with Crippen molar-refractivity contribution in [1.29, 1.82) is 0 Å². The average molecular weight is 267 g/mol. The number of nitrogens with one attached hydrogen (secondary N) is 2. The number of anilines is 1. The Morgan fingerprint density at radius 3 is 3.05 bits per heavy atom. The lowest BCUT2D eigenvalue weighted by Gasteiger charge is -2.16. The van der Waals surface area contributed by atoms with Crippen molar-refractivity contribution in [3.8, 4) is 5.88 Å². The molecule has 0 bridgehead atoms. The van der Waals surface area contributed by atoms with Crippen molar-refractivity contribution in [3.05, 3.63) is 16.4 Å². The monoisotopic (exact) mass is 267 g/mol. The summed E-state index contributed by atoms with van der Waals surface area (Å²) < 4.78 is 4.92. The van der Waals surface area contributed by atoms with E-state index in [1.165, 1.54) is 13.4 Å². The fourth-order valence-corrected chi connectivity index (χ4v) is 2.14. The van der Waals surface area contributed by atoms with Gasteiger partial charge in [-0.15, -0.1) is 0 Å². The first-order chi connectivity index (χ1) is 9.22. The van der Waals surface area contributed by atoms with Crippen molar-refractivity contribution in [2.75, 3.05) is 25.5 Å². The maximum Gasteiger partial charge on any atom is 0.372 e. The van der Waals surface area contributed by atoms with Gasteiger partial charge in [0, 0.05) is 6.04 Å². The number of nitro groups is 1. The molecule has 104 valence electrons. The molecule has 8 nitrogen and oxygen atoms in total. The van der Waals surface area contributed by atoms with Crippen LogP contribution < -0.4 is 15.4 Å². The SMILES string of the molecule is COc1ncnc(NC2CCCNCC2)c1[N+](=O)[O-]. The topological polar surface area (TPSA) is 102 Å². The van der Waals surface area contributed by atoms with E-state index < -0.39 is 4.92 Å². The van der Waals surface area contributed by atoms with Crippen LogP contribution in [0.15, 0.2) is 6.33 Å². The van der Waals surface area contributed by atoms with Crippen LogP contribution in [0.1, 0.15) is 19.3 Å². The van der Waals surface area contributed by atoms with Crippen molar-refractivity contribution in [3.63, 3.8) is 0 Å². The van der Waals surface area contributed by atoms with Gasteiger partial charge in [-0.05, 0) is 32.4 Å². The number of methoxy groups -OCH3 is 1. The standard InChI is InChI=1S/C11H17N5O3/c1-19-11-9(16(17)18)10(13-7-14-11)15-8-3-2-5-12-6-4-8/h7-8,12H,2-6H2,1H3,(H,13,14,15). The molecular weight excluding hydrogens is 250 g/mol. The van der Waals surface area contributed by atoms with Gasteiger partial charge in [0.1, 0.15) is 6.33 Å². The van der Waals surface area contributed by atoms with Gasteiger partial charge in [0.15, 0.2) is 0 Å². The third kappa shape index (κ3) is 3.28. The van der Waals surface area contributed by atoms with Crippen molar-refractivity contribution in [2.45, 2.75) is 25.3 Å². The van der Waals surface area contributed by atoms with Crippen LogP contribution in [-0.4, -0.2) is 41.1 Å². The maximum absolute atomic E-state index is 11.1. The minimum atomic E-state index is -0.518. The molecule has 0 aromatic carbocycles. The normalized spacial score (nSPS) is 19.5. The maximum atomic E-state index is 11.1. The fraction of sp³-hybridized carbons (Fsp3) is 0.636. The lowest BCUT2D eigenvalue weighted by Crippen LogP contribution is -2.22. The Labute approximate surface area is 110 Å². The van der Waals surface area contributed by atoms with Crippen LogP contribution in [-0.2, 0) is 0 Å². The Kier molecular flexibility index (Phi) is 4.45. The molecule has 1 aliphatic rings. The molecule has 2 heterocycles. The molecule has 2 rings (SSSR count). The number of hydrogen-bond donors (Lipinski definition) is 2. The van der Waals surface area contributed by atoms with Gasteiger partial charge in [-0.3, -0.25) is 10.1 Å². The summed E-state index contributed by atoms with van der Waals surface area (Å²) in [5.41, 5.74) is -0.206. The van der Waals surface area contributed by atoms with E-state index in [9.17, 15) is 10.1 Å². The molecule has 8 heteroatoms. The van der Waals surface area contributed by atoms with E-state index in [1.807, 2.05) is 0 Å². The molecule has 0 spiro atoms. The first kappa shape index (κ1) is 13.5. The zero-order valence-electron chi connectivity index (χ0n) is 10.8. The quantitative estimate of drug-likeness (QED) is 0.618. The smallest absolute Gasteiger partial charge is 0.372 e. The Bertz CT molecular complexity index is 446. The van der Waals surface area contributed by atoms with E-state index in [1.54, 1.807) is 0 Å². The Morgan fingerprint density at radius 1 is 1.47 bits per heavy atom. The van der Waals surface area contributed by atoms with Crippen LogP contribution in [0.4, 0.5) is 11.5 Å². The third-order valence-electron chi connectivity index (χ3n) is 3.08. The first-order valence-corrected chi connectivity index (χ1v) is 6.23. The number of ether oxygens (including phenoxy) is 1. The number of nitrogens with zero attached hydrogens (tertiary/aromatic N) is 3. The summed E-state index contributed by atoms with van der Waals surface area (Å²) in [5.74, 6) is 0.206. The number of hydrogen-bond acceptors (Lipinski definition) is 7. The first-order valence-electron chi connectivity index (χ1n) is 6.23.